The fourth-order valence-electron chi connectivity index (χ4n) is 3.66. The van der Waals surface area contributed by atoms with E-state index in [0.717, 1.165) is 52.9 Å². The smallest absolute Gasteiger partial charge is 1.00 e. The van der Waals surface area contributed by atoms with E-state index < -0.39 is 5.60 Å². The summed E-state index contributed by atoms with van der Waals surface area (Å²) in [6.07, 6.45) is 11.1. The van der Waals surface area contributed by atoms with Crippen molar-refractivity contribution in [1.82, 2.24) is 10.6 Å². The molecule has 3 aliphatic rings. The standard InChI is InChI=1S/C11H22N2O2.C7H16N2.C4H8O.CH4.Al.Li.H5P3.4H/c1-11(2,3)15-10(14)13-9-6-4-8(12)5-7-9;1-9-7-4-2-6(8)3-5-7;1-2-4-5-3-1;;;;1-3-2;;;;/h8-9H,4-7,12H2,1-3H3,(H,13,14);6-7,9H,2-5,8H2,1H3;1-4H2;1H4;;;3H,1-2H2;;;;/q;;;;;+1;;;;;-1. The van der Waals surface area contributed by atoms with Gasteiger partial charge in [-0.15, -0.1) is 17.9 Å². The van der Waals surface area contributed by atoms with E-state index in [1.807, 2.05) is 27.8 Å². The first kappa shape index (κ1) is 43.6. The zero-order valence-corrected chi connectivity index (χ0v) is 25.1. The number of alkyl carbamates (subject to hydrolysis) is 1. The Labute approximate surface area is 247 Å². The summed E-state index contributed by atoms with van der Waals surface area (Å²) in [5.41, 5.74) is 11.1. The molecule has 0 aromatic carbocycles. The second kappa shape index (κ2) is 27.1. The molecule has 0 aromatic rings. The summed E-state index contributed by atoms with van der Waals surface area (Å²) in [6, 6.07) is 1.76. The van der Waals surface area contributed by atoms with E-state index in [-0.39, 0.29) is 57.2 Å². The molecular weight excluding hydrogens is 507 g/mol. The van der Waals surface area contributed by atoms with Crippen molar-refractivity contribution >= 4 is 49.3 Å². The van der Waals surface area contributed by atoms with Crippen molar-refractivity contribution in [1.29, 1.82) is 0 Å². The number of hydrogen-bond donors (Lipinski definition) is 4. The number of ether oxygens (including phenoxy) is 2. The quantitative estimate of drug-likeness (QED) is 0.292. The fourth-order valence-corrected chi connectivity index (χ4v) is 3.66. The molecule has 1 heterocycles. The number of carbonyl (C=O) groups is 1. The molecule has 0 bridgehead atoms. The van der Waals surface area contributed by atoms with E-state index in [2.05, 4.69) is 28.5 Å². The van der Waals surface area contributed by atoms with Crippen LogP contribution in [-0.4, -0.2) is 73.5 Å². The van der Waals surface area contributed by atoms with Crippen molar-refractivity contribution in [2.24, 2.45) is 11.5 Å². The number of nitrogens with one attached hydrogen (secondary N) is 2. The summed E-state index contributed by atoms with van der Waals surface area (Å²) in [4.78, 5) is 11.4. The van der Waals surface area contributed by atoms with Gasteiger partial charge in [0.2, 0.25) is 0 Å². The molecule has 0 radical (unpaired) electrons. The van der Waals surface area contributed by atoms with Crippen molar-refractivity contribution < 1.29 is 34.6 Å². The number of rotatable bonds is 2. The van der Waals surface area contributed by atoms with Gasteiger partial charge in [-0.05, 0) is 92.0 Å². The Bertz CT molecular complexity index is 463. The minimum atomic E-state index is -0.421. The minimum absolute atomic E-state index is 0. The van der Waals surface area contributed by atoms with Gasteiger partial charge >= 0.3 is 25.0 Å². The third kappa shape index (κ3) is 28.4. The van der Waals surface area contributed by atoms with Gasteiger partial charge in [0.15, 0.2) is 17.4 Å². The van der Waals surface area contributed by atoms with E-state index in [9.17, 15) is 4.79 Å². The molecule has 0 aromatic heterocycles. The van der Waals surface area contributed by atoms with Crippen LogP contribution in [0.15, 0.2) is 0 Å². The van der Waals surface area contributed by atoms with E-state index in [0.29, 0.717) is 12.1 Å². The van der Waals surface area contributed by atoms with Crippen LogP contribution >= 0.6 is 25.8 Å². The first-order valence-corrected chi connectivity index (χ1v) is 16.6. The summed E-state index contributed by atoms with van der Waals surface area (Å²) >= 11 is 0. The zero-order chi connectivity index (χ0) is 24.4. The van der Waals surface area contributed by atoms with Gasteiger partial charge in [-0.3, -0.25) is 0 Å². The molecule has 208 valence electrons. The van der Waals surface area contributed by atoms with Crippen molar-refractivity contribution in [2.45, 2.75) is 122 Å². The van der Waals surface area contributed by atoms with Crippen LogP contribution in [0.3, 0.4) is 0 Å². The van der Waals surface area contributed by atoms with Crippen molar-refractivity contribution in [3.63, 3.8) is 0 Å². The van der Waals surface area contributed by atoms with Gasteiger partial charge < -0.3 is 33.0 Å². The van der Waals surface area contributed by atoms with Gasteiger partial charge in [0.25, 0.3) is 0 Å². The molecule has 7 nitrogen and oxygen atoms in total. The van der Waals surface area contributed by atoms with Crippen LogP contribution in [0.4, 0.5) is 4.79 Å². The van der Waals surface area contributed by atoms with E-state index in [4.69, 9.17) is 20.9 Å². The average Bonchev–Trinajstić information content (AvgIpc) is 3.30. The monoisotopic (exact) mass is 566 g/mol. The Morgan fingerprint density at radius 3 is 1.60 bits per heavy atom. The summed E-state index contributed by atoms with van der Waals surface area (Å²) in [5, 5.41) is 6.15. The fraction of sp³-hybridized carbons (Fsp3) is 0.957. The van der Waals surface area contributed by atoms with E-state index >= 15 is 0 Å². The molecule has 3 fully saturated rings. The molecule has 2 unspecified atom stereocenters. The van der Waals surface area contributed by atoms with Gasteiger partial charge in [-0.25, -0.2) is 4.79 Å². The maximum Gasteiger partial charge on any atom is 1.00 e. The van der Waals surface area contributed by atoms with E-state index in [1.54, 1.807) is 0 Å². The van der Waals surface area contributed by atoms with Gasteiger partial charge in [0.05, 0.1) is 0 Å². The average molecular weight is 567 g/mol. The van der Waals surface area contributed by atoms with Gasteiger partial charge in [-0.1, -0.05) is 15.4 Å². The molecule has 2 aliphatic carbocycles. The van der Waals surface area contributed by atoms with Gasteiger partial charge in [0.1, 0.15) is 5.60 Å². The summed E-state index contributed by atoms with van der Waals surface area (Å²) in [6.45, 7) is 7.59. The minimum Gasteiger partial charge on any atom is -1.00 e. The van der Waals surface area contributed by atoms with E-state index in [1.165, 1.54) is 38.5 Å². The third-order valence-corrected chi connectivity index (χ3v) is 5.50. The molecular formula is C23H59AlLiN4O3P3. The topological polar surface area (TPSA) is 112 Å². The predicted molar refractivity (Wildman–Crippen MR) is 164 cm³/mol. The maximum atomic E-state index is 11.4. The second-order valence-corrected chi connectivity index (χ2v) is 14.0. The molecule has 3 rings (SSSR count). The van der Waals surface area contributed by atoms with Crippen LogP contribution in [-0.2, 0) is 9.47 Å². The first-order valence-electron chi connectivity index (χ1n) is 12.0. The van der Waals surface area contributed by atoms with Crippen molar-refractivity contribution in [3.8, 4) is 0 Å². The van der Waals surface area contributed by atoms with Gasteiger partial charge in [-0.2, -0.15) is 0 Å². The number of carbonyl (C=O) groups excluding carboxylic acids is 1. The molecule has 6 N–H and O–H groups in total. The Hall–Kier alpha value is 1.53. The van der Waals surface area contributed by atoms with Crippen LogP contribution in [0.2, 0.25) is 0 Å². The molecule has 12 heteroatoms. The Morgan fingerprint density at radius 2 is 1.31 bits per heavy atom. The van der Waals surface area contributed by atoms with Crippen LogP contribution in [0, 0.1) is 0 Å². The van der Waals surface area contributed by atoms with Crippen LogP contribution < -0.4 is 41.0 Å². The normalized spacial score (nSPS) is 25.0. The number of amides is 1. The number of hydrogen-bond acceptors (Lipinski definition) is 6. The second-order valence-electron chi connectivity index (χ2n) is 9.64. The van der Waals surface area contributed by atoms with Crippen LogP contribution in [0.1, 0.15) is 93.8 Å². The molecule has 1 aliphatic heterocycles. The Morgan fingerprint density at radius 1 is 0.943 bits per heavy atom. The zero-order valence-electron chi connectivity index (χ0n) is 22.8. The first-order chi connectivity index (χ1) is 15.1. The third-order valence-electron chi connectivity index (χ3n) is 5.50. The molecule has 35 heavy (non-hydrogen) atoms. The summed E-state index contributed by atoms with van der Waals surface area (Å²) in [5.74, 6) is 0. The SMILES string of the molecule is C.C1CCOC1.CC(C)(C)OC(=O)NC1CCC(N)CC1.CNC1CCC(N)CC1.PPP.[AlH3].[H-].[Li+]. The summed E-state index contributed by atoms with van der Waals surface area (Å²) in [7, 11) is 8.08. The maximum absolute atomic E-state index is 11.4. The molecule has 2 atom stereocenters. The number of nitrogens with two attached hydrogens (primary N) is 2. The molecule has 0 spiro atoms. The Kier molecular flexibility index (Phi) is 33.8. The van der Waals surface area contributed by atoms with Crippen molar-refractivity contribution in [3.05, 3.63) is 0 Å². The van der Waals surface area contributed by atoms with Crippen LogP contribution in [0.25, 0.3) is 0 Å². The molecule has 2 saturated carbocycles. The van der Waals surface area contributed by atoms with Crippen molar-refractivity contribution in [2.75, 3.05) is 20.3 Å². The van der Waals surface area contributed by atoms with Gasteiger partial charge in [0, 0.05) is 37.4 Å². The summed E-state index contributed by atoms with van der Waals surface area (Å²) < 4.78 is 10.1. The molecule has 1 amide bonds. The predicted octanol–water partition coefficient (Wildman–Crippen LogP) is 0.867. The largest absolute Gasteiger partial charge is 1.00 e. The Balaban J connectivity index is -0.000000131. The molecule has 1 saturated heterocycles. The van der Waals surface area contributed by atoms with Crippen LogP contribution in [0.5, 0.6) is 0 Å².